The van der Waals surface area contributed by atoms with Crippen LogP contribution >= 0.6 is 0 Å². The quantitative estimate of drug-likeness (QED) is 0.721. The number of H-pyrrole nitrogens is 1. The van der Waals surface area contributed by atoms with Crippen molar-refractivity contribution in [2.24, 2.45) is 5.14 Å². The third-order valence-electron chi connectivity index (χ3n) is 4.44. The number of primary sulfonamides is 1. The van der Waals surface area contributed by atoms with Crippen LogP contribution in [0.1, 0.15) is 0 Å². The highest BCUT2D eigenvalue weighted by Gasteiger charge is 2.20. The molecule has 0 atom stereocenters. The van der Waals surface area contributed by atoms with Crippen molar-refractivity contribution in [2.75, 3.05) is 36.0 Å². The van der Waals surface area contributed by atoms with Crippen LogP contribution < -0.4 is 14.9 Å². The van der Waals surface area contributed by atoms with Gasteiger partial charge in [-0.15, -0.1) is 0 Å². The molecule has 0 spiro atoms. The molecule has 2 aromatic heterocycles. The van der Waals surface area contributed by atoms with Gasteiger partial charge in [-0.05, 0) is 30.3 Å². The minimum atomic E-state index is -3.65. The summed E-state index contributed by atoms with van der Waals surface area (Å²) in [6, 6.07) is 8.67. The maximum absolute atomic E-state index is 11.3. The highest BCUT2D eigenvalue weighted by molar-refractivity contribution is 7.89. The van der Waals surface area contributed by atoms with Crippen LogP contribution in [0.25, 0.3) is 11.0 Å². The molecule has 1 aromatic carbocycles. The van der Waals surface area contributed by atoms with E-state index in [0.29, 0.717) is 0 Å². The Kier molecular flexibility index (Phi) is 3.81. The molecule has 3 heterocycles. The Bertz CT molecular complexity index is 991. The zero-order chi connectivity index (χ0) is 17.4. The van der Waals surface area contributed by atoms with Gasteiger partial charge in [0.15, 0.2) is 0 Å². The first-order valence-electron chi connectivity index (χ1n) is 7.93. The number of aromatic nitrogens is 3. The number of hydrogen-bond donors (Lipinski definition) is 2. The van der Waals surface area contributed by atoms with Crippen molar-refractivity contribution in [1.29, 1.82) is 0 Å². The molecular formula is C16H18N6O2S. The van der Waals surface area contributed by atoms with E-state index >= 15 is 0 Å². The maximum Gasteiger partial charge on any atom is 0.238 e. The summed E-state index contributed by atoms with van der Waals surface area (Å²) in [6.07, 6.45) is 3.44. The lowest BCUT2D eigenvalue weighted by molar-refractivity contribution is 0.597. The fourth-order valence-corrected chi connectivity index (χ4v) is 3.65. The van der Waals surface area contributed by atoms with E-state index in [-0.39, 0.29) is 4.90 Å². The van der Waals surface area contributed by atoms with Crippen molar-refractivity contribution in [1.82, 2.24) is 15.0 Å². The third kappa shape index (κ3) is 3.03. The van der Waals surface area contributed by atoms with E-state index in [1.807, 2.05) is 12.3 Å². The summed E-state index contributed by atoms with van der Waals surface area (Å²) in [7, 11) is -3.65. The van der Waals surface area contributed by atoms with E-state index in [0.717, 1.165) is 48.7 Å². The second-order valence-corrected chi connectivity index (χ2v) is 7.51. The van der Waals surface area contributed by atoms with Crippen LogP contribution in [0.15, 0.2) is 47.8 Å². The standard InChI is InChI=1S/C16H18N6O2S/c17-25(23,24)13-3-1-12(2-4-13)21-7-9-22(10-8-21)16-14-5-6-18-15(14)19-11-20-16/h1-6,11H,7-10H2,(H2,17,23,24)(H,18,19,20). The summed E-state index contributed by atoms with van der Waals surface area (Å²) >= 11 is 0. The van der Waals surface area contributed by atoms with Crippen LogP contribution in [-0.2, 0) is 10.0 Å². The molecule has 9 heteroatoms. The van der Waals surface area contributed by atoms with Gasteiger partial charge in [0.05, 0.1) is 10.3 Å². The molecule has 1 aliphatic heterocycles. The van der Waals surface area contributed by atoms with Crippen molar-refractivity contribution in [3.05, 3.63) is 42.9 Å². The molecule has 1 aliphatic rings. The van der Waals surface area contributed by atoms with Gasteiger partial charge >= 0.3 is 0 Å². The summed E-state index contributed by atoms with van der Waals surface area (Å²) in [5, 5.41) is 6.16. The predicted octanol–water partition coefficient (Wildman–Crippen LogP) is 0.932. The number of aromatic amines is 1. The maximum atomic E-state index is 11.3. The summed E-state index contributed by atoms with van der Waals surface area (Å²) in [5.74, 6) is 0.940. The monoisotopic (exact) mass is 358 g/mol. The van der Waals surface area contributed by atoms with E-state index in [9.17, 15) is 8.42 Å². The molecular weight excluding hydrogens is 340 g/mol. The van der Waals surface area contributed by atoms with Gasteiger partial charge < -0.3 is 14.8 Å². The largest absolute Gasteiger partial charge is 0.368 e. The Balaban J connectivity index is 1.49. The lowest BCUT2D eigenvalue weighted by atomic mass is 10.2. The Morgan fingerprint density at radius 2 is 1.64 bits per heavy atom. The third-order valence-corrected chi connectivity index (χ3v) is 5.37. The molecule has 3 aromatic rings. The van der Waals surface area contributed by atoms with E-state index in [1.54, 1.807) is 30.6 Å². The molecule has 0 amide bonds. The van der Waals surface area contributed by atoms with Gasteiger partial charge in [0.1, 0.15) is 17.8 Å². The molecule has 0 aliphatic carbocycles. The van der Waals surface area contributed by atoms with Crippen molar-refractivity contribution < 1.29 is 8.42 Å². The van der Waals surface area contributed by atoms with Crippen molar-refractivity contribution in [3.8, 4) is 0 Å². The van der Waals surface area contributed by atoms with Gasteiger partial charge in [-0.2, -0.15) is 0 Å². The molecule has 3 N–H and O–H groups in total. The van der Waals surface area contributed by atoms with Gasteiger partial charge in [0.25, 0.3) is 0 Å². The van der Waals surface area contributed by atoms with Gasteiger partial charge in [0, 0.05) is 38.1 Å². The zero-order valence-corrected chi connectivity index (χ0v) is 14.3. The summed E-state index contributed by atoms with van der Waals surface area (Å²) < 4.78 is 22.7. The zero-order valence-electron chi connectivity index (χ0n) is 13.5. The van der Waals surface area contributed by atoms with Gasteiger partial charge in [-0.3, -0.25) is 0 Å². The van der Waals surface area contributed by atoms with E-state index in [1.165, 1.54) is 0 Å². The lowest BCUT2D eigenvalue weighted by Crippen LogP contribution is -2.46. The minimum Gasteiger partial charge on any atom is -0.368 e. The Hall–Kier alpha value is -2.65. The number of piperazine rings is 1. The minimum absolute atomic E-state index is 0.130. The van der Waals surface area contributed by atoms with Gasteiger partial charge in [-0.25, -0.2) is 23.5 Å². The number of benzene rings is 1. The molecule has 4 rings (SSSR count). The summed E-state index contributed by atoms with van der Waals surface area (Å²) in [4.78, 5) is 16.4. The number of hydrogen-bond acceptors (Lipinski definition) is 6. The fraction of sp³-hybridized carbons (Fsp3) is 0.250. The average Bonchev–Trinajstić information content (AvgIpc) is 3.10. The van der Waals surface area contributed by atoms with Crippen molar-refractivity contribution in [3.63, 3.8) is 0 Å². The number of rotatable bonds is 3. The second kappa shape index (κ2) is 6.01. The molecule has 1 fully saturated rings. The number of fused-ring (bicyclic) bond motifs is 1. The number of nitrogens with zero attached hydrogens (tertiary/aromatic N) is 4. The number of anilines is 2. The van der Waals surface area contributed by atoms with E-state index in [4.69, 9.17) is 5.14 Å². The lowest BCUT2D eigenvalue weighted by Gasteiger charge is -2.36. The highest BCUT2D eigenvalue weighted by atomic mass is 32.2. The first-order valence-corrected chi connectivity index (χ1v) is 9.48. The predicted molar refractivity (Wildman–Crippen MR) is 96.1 cm³/mol. The van der Waals surface area contributed by atoms with Crippen LogP contribution in [0.3, 0.4) is 0 Å². The highest BCUT2D eigenvalue weighted by Crippen LogP contribution is 2.25. The average molecular weight is 358 g/mol. The van der Waals surface area contributed by atoms with Crippen LogP contribution in [0.2, 0.25) is 0 Å². The molecule has 8 nitrogen and oxygen atoms in total. The molecule has 0 radical (unpaired) electrons. The summed E-state index contributed by atoms with van der Waals surface area (Å²) in [6.45, 7) is 3.30. The Labute approximate surface area is 145 Å². The van der Waals surface area contributed by atoms with Crippen LogP contribution in [0, 0.1) is 0 Å². The molecule has 1 saturated heterocycles. The topological polar surface area (TPSA) is 108 Å². The second-order valence-electron chi connectivity index (χ2n) is 5.95. The van der Waals surface area contributed by atoms with E-state index in [2.05, 4.69) is 24.8 Å². The first-order chi connectivity index (χ1) is 12.0. The summed E-state index contributed by atoms with van der Waals surface area (Å²) in [5.41, 5.74) is 1.83. The molecule has 130 valence electrons. The van der Waals surface area contributed by atoms with Gasteiger partial charge in [0.2, 0.25) is 10.0 Å². The molecule has 0 saturated carbocycles. The number of nitrogens with one attached hydrogen (secondary N) is 1. The van der Waals surface area contributed by atoms with E-state index < -0.39 is 10.0 Å². The smallest absolute Gasteiger partial charge is 0.238 e. The fourth-order valence-electron chi connectivity index (χ4n) is 3.13. The van der Waals surface area contributed by atoms with Crippen molar-refractivity contribution >= 4 is 32.6 Å². The van der Waals surface area contributed by atoms with Crippen LogP contribution in [0.4, 0.5) is 11.5 Å². The molecule has 25 heavy (non-hydrogen) atoms. The molecule has 0 unspecified atom stereocenters. The normalized spacial score (nSPS) is 15.7. The Morgan fingerprint density at radius 3 is 2.32 bits per heavy atom. The SMILES string of the molecule is NS(=O)(=O)c1ccc(N2CCN(c3ncnc4[nH]ccc34)CC2)cc1. The van der Waals surface area contributed by atoms with Crippen molar-refractivity contribution in [2.45, 2.75) is 4.90 Å². The van der Waals surface area contributed by atoms with Crippen LogP contribution in [0.5, 0.6) is 0 Å². The van der Waals surface area contributed by atoms with Crippen LogP contribution in [-0.4, -0.2) is 49.5 Å². The first kappa shape index (κ1) is 15.9. The number of sulfonamides is 1. The Morgan fingerprint density at radius 1 is 0.960 bits per heavy atom. The number of nitrogens with two attached hydrogens (primary N) is 1. The molecule has 0 bridgehead atoms. The van der Waals surface area contributed by atoms with Gasteiger partial charge in [-0.1, -0.05) is 0 Å².